The number of nitrogens with two attached hydrogens (primary N) is 1. The van der Waals surface area contributed by atoms with Gasteiger partial charge >= 0.3 is 0 Å². The van der Waals surface area contributed by atoms with Crippen LogP contribution in [0.15, 0.2) is 40.8 Å². The summed E-state index contributed by atoms with van der Waals surface area (Å²) in [5.41, 5.74) is 8.16. The van der Waals surface area contributed by atoms with Crippen LogP contribution in [0.25, 0.3) is 11.1 Å². The Morgan fingerprint density at radius 3 is 2.90 bits per heavy atom. The largest absolute Gasteiger partial charge is 0.494 e. The van der Waals surface area contributed by atoms with E-state index in [2.05, 4.69) is 10.3 Å². The van der Waals surface area contributed by atoms with Gasteiger partial charge in [-0.1, -0.05) is 0 Å². The number of hydrogen-bond acceptors (Lipinski definition) is 5. The molecule has 0 aliphatic carbocycles. The number of benzene rings is 2. The van der Waals surface area contributed by atoms with Crippen LogP contribution >= 0.6 is 0 Å². The number of anilines is 3. The van der Waals surface area contributed by atoms with Crippen LogP contribution in [-0.2, 0) is 0 Å². The Morgan fingerprint density at radius 2 is 2.10 bits per heavy atom. The number of methoxy groups -OCH3 is 1. The molecular formula is C14H12FN3O2. The first-order valence-corrected chi connectivity index (χ1v) is 5.92. The average molecular weight is 273 g/mol. The summed E-state index contributed by atoms with van der Waals surface area (Å²) in [6.07, 6.45) is 0. The Kier molecular flexibility index (Phi) is 2.90. The van der Waals surface area contributed by atoms with Crippen molar-refractivity contribution < 1.29 is 13.5 Å². The lowest BCUT2D eigenvalue weighted by Crippen LogP contribution is -1.93. The molecule has 0 aliphatic heterocycles. The summed E-state index contributed by atoms with van der Waals surface area (Å²) in [5.74, 6) is -0.279. The summed E-state index contributed by atoms with van der Waals surface area (Å²) in [6.45, 7) is 0. The predicted molar refractivity (Wildman–Crippen MR) is 74.7 cm³/mol. The SMILES string of the molecule is COc1cc(Nc2nc3ccc(N)cc3o2)ccc1F. The lowest BCUT2D eigenvalue weighted by atomic mass is 10.3. The van der Waals surface area contributed by atoms with Gasteiger partial charge in [0.1, 0.15) is 5.52 Å². The van der Waals surface area contributed by atoms with E-state index in [-0.39, 0.29) is 5.75 Å². The molecule has 0 aliphatic rings. The number of rotatable bonds is 3. The molecule has 20 heavy (non-hydrogen) atoms. The van der Waals surface area contributed by atoms with Crippen molar-refractivity contribution in [2.24, 2.45) is 0 Å². The molecule has 1 aromatic heterocycles. The Morgan fingerprint density at radius 1 is 1.25 bits per heavy atom. The van der Waals surface area contributed by atoms with E-state index < -0.39 is 5.82 Å². The van der Waals surface area contributed by atoms with E-state index in [1.165, 1.54) is 19.2 Å². The second kappa shape index (κ2) is 4.73. The maximum atomic E-state index is 13.3. The second-order valence-electron chi connectivity index (χ2n) is 4.22. The standard InChI is InChI=1S/C14H12FN3O2/c1-19-12-7-9(3-4-10(12)15)17-14-18-11-5-2-8(16)6-13(11)20-14/h2-7H,16H2,1H3,(H,17,18). The first-order chi connectivity index (χ1) is 9.65. The zero-order valence-electron chi connectivity index (χ0n) is 10.7. The van der Waals surface area contributed by atoms with Crippen molar-refractivity contribution in [2.75, 3.05) is 18.2 Å². The van der Waals surface area contributed by atoms with Gasteiger partial charge in [-0.3, -0.25) is 0 Å². The highest BCUT2D eigenvalue weighted by Gasteiger charge is 2.08. The molecule has 0 fully saturated rings. The van der Waals surface area contributed by atoms with Crippen LogP contribution in [0.5, 0.6) is 5.75 Å². The highest BCUT2D eigenvalue weighted by Crippen LogP contribution is 2.26. The highest BCUT2D eigenvalue weighted by atomic mass is 19.1. The van der Waals surface area contributed by atoms with Gasteiger partial charge in [0.15, 0.2) is 17.1 Å². The lowest BCUT2D eigenvalue weighted by Gasteiger charge is -2.05. The number of fused-ring (bicyclic) bond motifs is 1. The fraction of sp³-hybridized carbons (Fsp3) is 0.0714. The fourth-order valence-electron chi connectivity index (χ4n) is 1.86. The third-order valence-electron chi connectivity index (χ3n) is 2.81. The first kappa shape index (κ1) is 12.3. The number of ether oxygens (including phenoxy) is 1. The summed E-state index contributed by atoms with van der Waals surface area (Å²) in [6, 6.07) is 9.92. The van der Waals surface area contributed by atoms with Gasteiger partial charge in [-0.25, -0.2) is 4.39 Å². The monoisotopic (exact) mass is 273 g/mol. The smallest absolute Gasteiger partial charge is 0.300 e. The minimum Gasteiger partial charge on any atom is -0.494 e. The van der Waals surface area contributed by atoms with E-state index in [0.29, 0.717) is 28.5 Å². The van der Waals surface area contributed by atoms with Gasteiger partial charge in [-0.05, 0) is 24.3 Å². The number of nitrogen functional groups attached to an aromatic ring is 1. The predicted octanol–water partition coefficient (Wildman–Crippen LogP) is 3.30. The molecule has 0 saturated heterocycles. The first-order valence-electron chi connectivity index (χ1n) is 5.92. The van der Waals surface area contributed by atoms with Gasteiger partial charge in [0.05, 0.1) is 7.11 Å². The van der Waals surface area contributed by atoms with Crippen LogP contribution < -0.4 is 15.8 Å². The molecule has 0 saturated carbocycles. The van der Waals surface area contributed by atoms with Crippen LogP contribution in [0.3, 0.4) is 0 Å². The maximum absolute atomic E-state index is 13.3. The third-order valence-corrected chi connectivity index (χ3v) is 2.81. The van der Waals surface area contributed by atoms with Gasteiger partial charge in [0, 0.05) is 23.5 Å². The average Bonchev–Trinajstić information content (AvgIpc) is 2.82. The van der Waals surface area contributed by atoms with Crippen LogP contribution in [0, 0.1) is 5.82 Å². The van der Waals surface area contributed by atoms with E-state index in [0.717, 1.165) is 0 Å². The van der Waals surface area contributed by atoms with E-state index in [9.17, 15) is 4.39 Å². The Balaban J connectivity index is 1.92. The van der Waals surface area contributed by atoms with Crippen molar-refractivity contribution in [3.8, 4) is 5.75 Å². The molecule has 2 aromatic carbocycles. The molecule has 0 atom stereocenters. The van der Waals surface area contributed by atoms with Crippen molar-refractivity contribution in [3.63, 3.8) is 0 Å². The Bertz CT molecular complexity index is 770. The molecule has 0 unspecified atom stereocenters. The molecular weight excluding hydrogens is 261 g/mol. The quantitative estimate of drug-likeness (QED) is 0.716. The van der Waals surface area contributed by atoms with Crippen LogP contribution in [0.4, 0.5) is 21.8 Å². The normalized spacial score (nSPS) is 10.7. The summed E-state index contributed by atoms with van der Waals surface area (Å²) in [7, 11) is 1.41. The van der Waals surface area contributed by atoms with Gasteiger partial charge in [0.25, 0.3) is 6.01 Å². The van der Waals surface area contributed by atoms with Crippen LogP contribution in [0.2, 0.25) is 0 Å². The fourth-order valence-corrected chi connectivity index (χ4v) is 1.86. The van der Waals surface area contributed by atoms with E-state index in [1.807, 2.05) is 0 Å². The Labute approximate surface area is 114 Å². The van der Waals surface area contributed by atoms with E-state index in [4.69, 9.17) is 14.9 Å². The molecule has 102 valence electrons. The van der Waals surface area contributed by atoms with Gasteiger partial charge in [0.2, 0.25) is 0 Å². The summed E-state index contributed by atoms with van der Waals surface area (Å²) >= 11 is 0. The number of aromatic nitrogens is 1. The lowest BCUT2D eigenvalue weighted by molar-refractivity contribution is 0.387. The van der Waals surface area contributed by atoms with Crippen molar-refractivity contribution in [1.29, 1.82) is 0 Å². The van der Waals surface area contributed by atoms with Gasteiger partial charge in [-0.2, -0.15) is 4.98 Å². The van der Waals surface area contributed by atoms with Crippen LogP contribution in [0.1, 0.15) is 0 Å². The molecule has 3 rings (SSSR count). The molecule has 1 heterocycles. The number of nitrogens with zero attached hydrogens (tertiary/aromatic N) is 1. The Hall–Kier alpha value is -2.76. The summed E-state index contributed by atoms with van der Waals surface area (Å²) < 4.78 is 23.8. The topological polar surface area (TPSA) is 73.3 Å². The number of hydrogen-bond donors (Lipinski definition) is 2. The van der Waals surface area contributed by atoms with Crippen molar-refractivity contribution >= 4 is 28.5 Å². The molecule has 0 bridgehead atoms. The van der Waals surface area contributed by atoms with Crippen molar-refractivity contribution in [1.82, 2.24) is 4.98 Å². The second-order valence-corrected chi connectivity index (χ2v) is 4.22. The molecule has 0 radical (unpaired) electrons. The number of halogens is 1. The minimum absolute atomic E-state index is 0.148. The molecule has 0 spiro atoms. The van der Waals surface area contributed by atoms with Crippen LogP contribution in [-0.4, -0.2) is 12.1 Å². The molecule has 0 amide bonds. The zero-order valence-corrected chi connectivity index (χ0v) is 10.7. The highest BCUT2D eigenvalue weighted by molar-refractivity contribution is 5.78. The molecule has 6 heteroatoms. The molecule has 3 aromatic rings. The van der Waals surface area contributed by atoms with Gasteiger partial charge in [-0.15, -0.1) is 0 Å². The molecule has 5 nitrogen and oxygen atoms in total. The van der Waals surface area contributed by atoms with Crippen molar-refractivity contribution in [2.45, 2.75) is 0 Å². The minimum atomic E-state index is -0.427. The van der Waals surface area contributed by atoms with E-state index in [1.54, 1.807) is 24.3 Å². The summed E-state index contributed by atoms with van der Waals surface area (Å²) in [5, 5.41) is 2.95. The zero-order chi connectivity index (χ0) is 14.1. The van der Waals surface area contributed by atoms with Crippen molar-refractivity contribution in [3.05, 3.63) is 42.2 Å². The molecule has 3 N–H and O–H groups in total. The number of oxazole rings is 1. The maximum Gasteiger partial charge on any atom is 0.300 e. The van der Waals surface area contributed by atoms with E-state index >= 15 is 0 Å². The number of nitrogens with one attached hydrogen (secondary N) is 1. The van der Waals surface area contributed by atoms with Gasteiger partial charge < -0.3 is 20.2 Å². The summed E-state index contributed by atoms with van der Waals surface area (Å²) in [4.78, 5) is 4.26. The third kappa shape index (κ3) is 2.23.